The number of benzene rings is 1. The van der Waals surface area contributed by atoms with Gasteiger partial charge in [0.1, 0.15) is 0 Å². The lowest BCUT2D eigenvalue weighted by atomic mass is 10.1. The molecule has 10 heteroatoms. The first-order valence-corrected chi connectivity index (χ1v) is 6.07. The van der Waals surface area contributed by atoms with Gasteiger partial charge < -0.3 is 14.9 Å². The normalized spacial score (nSPS) is 10.3. The van der Waals surface area contributed by atoms with E-state index in [1.807, 2.05) is 0 Å². The van der Waals surface area contributed by atoms with Gasteiger partial charge in [-0.05, 0) is 0 Å². The Morgan fingerprint density at radius 1 is 1.52 bits per heavy atom. The SMILES string of the molecule is O=C(O)c1cc([N+](=O)[O-])cc(Cl)c1NCCc1ncno1. The molecule has 1 aromatic heterocycles. The topological polar surface area (TPSA) is 131 Å². The molecular weight excluding hydrogens is 304 g/mol. The Morgan fingerprint density at radius 3 is 2.86 bits per heavy atom. The Kier molecular flexibility index (Phi) is 4.33. The van der Waals surface area contributed by atoms with E-state index in [9.17, 15) is 14.9 Å². The summed E-state index contributed by atoms with van der Waals surface area (Å²) >= 11 is 5.90. The first-order chi connectivity index (χ1) is 9.99. The minimum atomic E-state index is -1.32. The van der Waals surface area contributed by atoms with Crippen LogP contribution in [0.25, 0.3) is 0 Å². The number of nitrogens with one attached hydrogen (secondary N) is 1. The Labute approximate surface area is 122 Å². The van der Waals surface area contributed by atoms with Crippen LogP contribution in [0.4, 0.5) is 11.4 Å². The minimum Gasteiger partial charge on any atom is -0.478 e. The Morgan fingerprint density at radius 2 is 2.29 bits per heavy atom. The molecule has 0 aliphatic heterocycles. The molecule has 0 fully saturated rings. The van der Waals surface area contributed by atoms with Gasteiger partial charge in [-0.3, -0.25) is 10.1 Å². The van der Waals surface area contributed by atoms with E-state index in [0.29, 0.717) is 12.3 Å². The maximum Gasteiger partial charge on any atom is 0.338 e. The van der Waals surface area contributed by atoms with E-state index in [-0.39, 0.29) is 28.5 Å². The van der Waals surface area contributed by atoms with Crippen molar-refractivity contribution in [3.8, 4) is 0 Å². The standard InChI is InChI=1S/C11H9ClN4O5/c12-8-4-6(16(19)20)3-7(11(17)18)10(8)13-2-1-9-14-5-15-21-9/h3-5,13H,1-2H2,(H,17,18). The van der Waals surface area contributed by atoms with Gasteiger partial charge in [-0.1, -0.05) is 16.8 Å². The summed E-state index contributed by atoms with van der Waals surface area (Å²) in [6.45, 7) is 0.278. The summed E-state index contributed by atoms with van der Waals surface area (Å²) in [7, 11) is 0. The number of aromatic carboxylic acids is 1. The summed E-state index contributed by atoms with van der Waals surface area (Å²) < 4.78 is 4.79. The number of nitro groups is 1. The summed E-state index contributed by atoms with van der Waals surface area (Å²) in [6, 6.07) is 2.03. The highest BCUT2D eigenvalue weighted by Gasteiger charge is 2.20. The number of rotatable bonds is 6. The second-order valence-corrected chi connectivity index (χ2v) is 4.33. The number of nitro benzene ring substituents is 1. The minimum absolute atomic E-state index is 0.0490. The van der Waals surface area contributed by atoms with Crippen molar-refractivity contribution < 1.29 is 19.3 Å². The quantitative estimate of drug-likeness (QED) is 0.611. The van der Waals surface area contributed by atoms with Crippen molar-refractivity contribution in [2.45, 2.75) is 6.42 Å². The molecule has 0 atom stereocenters. The molecule has 2 N–H and O–H groups in total. The molecule has 0 aliphatic carbocycles. The lowest BCUT2D eigenvalue weighted by Crippen LogP contribution is -2.11. The fourth-order valence-corrected chi connectivity index (χ4v) is 1.93. The molecular formula is C11H9ClN4O5. The van der Waals surface area contributed by atoms with Crippen molar-refractivity contribution in [3.05, 3.63) is 45.1 Å². The van der Waals surface area contributed by atoms with Crippen molar-refractivity contribution >= 4 is 28.9 Å². The smallest absolute Gasteiger partial charge is 0.338 e. The number of hydrogen-bond acceptors (Lipinski definition) is 7. The van der Waals surface area contributed by atoms with Crippen LogP contribution in [-0.2, 0) is 6.42 Å². The zero-order chi connectivity index (χ0) is 15.4. The Hall–Kier alpha value is -2.68. The molecule has 2 aromatic rings. The van der Waals surface area contributed by atoms with E-state index in [2.05, 4.69) is 15.5 Å². The van der Waals surface area contributed by atoms with E-state index >= 15 is 0 Å². The molecule has 1 heterocycles. The summed E-state index contributed by atoms with van der Waals surface area (Å²) in [5, 5.41) is 26.0. The highest BCUT2D eigenvalue weighted by atomic mass is 35.5. The second-order valence-electron chi connectivity index (χ2n) is 3.92. The van der Waals surface area contributed by atoms with E-state index in [4.69, 9.17) is 21.2 Å². The van der Waals surface area contributed by atoms with Gasteiger partial charge in [-0.25, -0.2) is 4.79 Å². The predicted octanol–water partition coefficient (Wildman–Crippen LogP) is 1.98. The lowest BCUT2D eigenvalue weighted by Gasteiger charge is -2.10. The Balaban J connectivity index is 2.21. The van der Waals surface area contributed by atoms with Crippen LogP contribution in [0.1, 0.15) is 16.2 Å². The van der Waals surface area contributed by atoms with Crippen LogP contribution in [-0.4, -0.2) is 32.7 Å². The average molecular weight is 313 g/mol. The zero-order valence-corrected chi connectivity index (χ0v) is 11.2. The highest BCUT2D eigenvalue weighted by molar-refractivity contribution is 6.34. The molecule has 9 nitrogen and oxygen atoms in total. The summed E-state index contributed by atoms with van der Waals surface area (Å²) in [5.74, 6) is -0.946. The predicted molar refractivity (Wildman–Crippen MR) is 71.6 cm³/mol. The van der Waals surface area contributed by atoms with Gasteiger partial charge in [0.2, 0.25) is 5.89 Å². The van der Waals surface area contributed by atoms with E-state index < -0.39 is 10.9 Å². The first kappa shape index (κ1) is 14.7. The van der Waals surface area contributed by atoms with E-state index in [0.717, 1.165) is 12.1 Å². The average Bonchev–Trinajstić information content (AvgIpc) is 2.92. The van der Waals surface area contributed by atoms with Crippen LogP contribution in [0.15, 0.2) is 23.0 Å². The summed E-state index contributed by atoms with van der Waals surface area (Å²) in [4.78, 5) is 25.0. The van der Waals surface area contributed by atoms with Crippen molar-refractivity contribution in [3.63, 3.8) is 0 Å². The zero-order valence-electron chi connectivity index (χ0n) is 10.4. The number of carbonyl (C=O) groups is 1. The molecule has 0 saturated heterocycles. The fourth-order valence-electron chi connectivity index (χ4n) is 1.65. The van der Waals surface area contributed by atoms with Crippen LogP contribution in [0.5, 0.6) is 0 Å². The van der Waals surface area contributed by atoms with Gasteiger partial charge in [0, 0.05) is 25.1 Å². The molecule has 0 aliphatic rings. The number of carboxylic acid groups (broad SMARTS) is 1. The van der Waals surface area contributed by atoms with Crippen LogP contribution < -0.4 is 5.32 Å². The number of halogens is 1. The number of aromatic nitrogens is 2. The largest absolute Gasteiger partial charge is 0.478 e. The van der Waals surface area contributed by atoms with Gasteiger partial charge in [-0.15, -0.1) is 0 Å². The molecule has 110 valence electrons. The molecule has 2 rings (SSSR count). The van der Waals surface area contributed by atoms with E-state index in [1.54, 1.807) is 0 Å². The van der Waals surface area contributed by atoms with Gasteiger partial charge in [0.15, 0.2) is 6.33 Å². The van der Waals surface area contributed by atoms with Gasteiger partial charge in [0.05, 0.1) is 21.2 Å². The summed E-state index contributed by atoms with van der Waals surface area (Å²) in [5.41, 5.74) is -0.561. The van der Waals surface area contributed by atoms with Crippen LogP contribution in [0, 0.1) is 10.1 Å². The van der Waals surface area contributed by atoms with Crippen LogP contribution in [0.3, 0.4) is 0 Å². The van der Waals surface area contributed by atoms with Crippen LogP contribution >= 0.6 is 11.6 Å². The number of hydrogen-bond donors (Lipinski definition) is 2. The molecule has 21 heavy (non-hydrogen) atoms. The van der Waals surface area contributed by atoms with Gasteiger partial charge in [-0.2, -0.15) is 4.98 Å². The number of nitrogens with zero attached hydrogens (tertiary/aromatic N) is 3. The molecule has 1 aromatic carbocycles. The van der Waals surface area contributed by atoms with Crippen molar-refractivity contribution in [2.24, 2.45) is 0 Å². The second kappa shape index (κ2) is 6.18. The first-order valence-electron chi connectivity index (χ1n) is 5.69. The van der Waals surface area contributed by atoms with Crippen molar-refractivity contribution in [1.29, 1.82) is 0 Å². The third kappa shape index (κ3) is 3.45. The monoisotopic (exact) mass is 312 g/mol. The number of non-ortho nitro benzene ring substituents is 1. The maximum atomic E-state index is 11.2. The number of carboxylic acids is 1. The number of anilines is 1. The van der Waals surface area contributed by atoms with Crippen LogP contribution in [0.2, 0.25) is 5.02 Å². The lowest BCUT2D eigenvalue weighted by molar-refractivity contribution is -0.384. The Bertz CT molecular complexity index is 674. The molecule has 0 saturated carbocycles. The maximum absolute atomic E-state index is 11.2. The van der Waals surface area contributed by atoms with Crippen molar-refractivity contribution in [2.75, 3.05) is 11.9 Å². The third-order valence-electron chi connectivity index (χ3n) is 2.56. The third-order valence-corrected chi connectivity index (χ3v) is 2.86. The van der Waals surface area contributed by atoms with E-state index in [1.165, 1.54) is 6.33 Å². The highest BCUT2D eigenvalue weighted by Crippen LogP contribution is 2.31. The molecule has 0 amide bonds. The molecule has 0 bridgehead atoms. The van der Waals surface area contributed by atoms with Crippen molar-refractivity contribution in [1.82, 2.24) is 10.1 Å². The molecule has 0 unspecified atom stereocenters. The molecule has 0 spiro atoms. The summed E-state index contributed by atoms with van der Waals surface area (Å²) in [6.07, 6.45) is 1.60. The van der Waals surface area contributed by atoms with Gasteiger partial charge in [0.25, 0.3) is 5.69 Å². The fraction of sp³-hybridized carbons (Fsp3) is 0.182. The molecule has 0 radical (unpaired) electrons. The van der Waals surface area contributed by atoms with Gasteiger partial charge >= 0.3 is 5.97 Å².